The zero-order chi connectivity index (χ0) is 11.6. The van der Waals surface area contributed by atoms with Crippen LogP contribution >= 0.6 is 11.6 Å². The van der Waals surface area contributed by atoms with E-state index in [2.05, 4.69) is 5.32 Å². The molecule has 1 aliphatic rings. The number of benzene rings is 1. The minimum atomic E-state index is -0.682. The monoisotopic (exact) mass is 239 g/mol. The topological polar surface area (TPSA) is 32.3 Å². The van der Waals surface area contributed by atoms with Crippen molar-refractivity contribution in [1.29, 1.82) is 0 Å². The Hall–Kier alpha value is -0.570. The third kappa shape index (κ3) is 2.40. The number of aliphatic hydroxyl groups is 1. The highest BCUT2D eigenvalue weighted by atomic mass is 35.5. The predicted molar refractivity (Wildman–Crippen MR) is 66.7 cm³/mol. The SMILES string of the molecule is CNC1CCC(O)(c2cccc(Cl)c2)CC1. The fraction of sp³-hybridized carbons (Fsp3) is 0.538. The third-order valence-electron chi connectivity index (χ3n) is 3.58. The summed E-state index contributed by atoms with van der Waals surface area (Å²) < 4.78 is 0. The largest absolute Gasteiger partial charge is 0.385 e. The fourth-order valence-electron chi connectivity index (χ4n) is 2.45. The fourth-order valence-corrected chi connectivity index (χ4v) is 2.64. The average Bonchev–Trinajstić information content (AvgIpc) is 2.30. The van der Waals surface area contributed by atoms with Gasteiger partial charge in [-0.15, -0.1) is 0 Å². The van der Waals surface area contributed by atoms with Crippen molar-refractivity contribution in [3.63, 3.8) is 0 Å². The van der Waals surface area contributed by atoms with Gasteiger partial charge in [0.15, 0.2) is 0 Å². The molecule has 3 heteroatoms. The molecule has 88 valence electrons. The molecule has 2 N–H and O–H groups in total. The molecule has 2 nitrogen and oxygen atoms in total. The lowest BCUT2D eigenvalue weighted by Gasteiger charge is -2.36. The van der Waals surface area contributed by atoms with Gasteiger partial charge in [-0.2, -0.15) is 0 Å². The van der Waals surface area contributed by atoms with Gasteiger partial charge in [0.25, 0.3) is 0 Å². The Morgan fingerprint density at radius 2 is 2.06 bits per heavy atom. The summed E-state index contributed by atoms with van der Waals surface area (Å²) in [5.41, 5.74) is 0.271. The maximum absolute atomic E-state index is 10.6. The molecule has 0 saturated heterocycles. The summed E-state index contributed by atoms with van der Waals surface area (Å²) in [6, 6.07) is 8.12. The normalized spacial score (nSPS) is 30.3. The smallest absolute Gasteiger partial charge is 0.0898 e. The lowest BCUT2D eigenvalue weighted by Crippen LogP contribution is -2.38. The Morgan fingerprint density at radius 3 is 2.62 bits per heavy atom. The summed E-state index contributed by atoms with van der Waals surface area (Å²) in [5, 5.41) is 14.6. The van der Waals surface area contributed by atoms with E-state index >= 15 is 0 Å². The predicted octanol–water partition coefficient (Wildman–Crippen LogP) is 2.69. The highest BCUT2D eigenvalue weighted by Crippen LogP contribution is 2.37. The van der Waals surface area contributed by atoms with Gasteiger partial charge >= 0.3 is 0 Å². The summed E-state index contributed by atoms with van der Waals surface area (Å²) >= 11 is 5.96. The van der Waals surface area contributed by atoms with Crippen LogP contribution < -0.4 is 5.32 Å². The molecule has 16 heavy (non-hydrogen) atoms. The first-order valence-corrected chi connectivity index (χ1v) is 6.17. The molecular formula is C13H18ClNO. The first-order chi connectivity index (χ1) is 7.64. The maximum Gasteiger partial charge on any atom is 0.0898 e. The second kappa shape index (κ2) is 4.74. The first kappa shape index (κ1) is 11.9. The molecule has 0 bridgehead atoms. The van der Waals surface area contributed by atoms with Gasteiger partial charge in [-0.25, -0.2) is 0 Å². The second-order valence-corrected chi connectivity index (χ2v) is 5.04. The summed E-state index contributed by atoms with van der Waals surface area (Å²) in [6.07, 6.45) is 3.64. The Bertz CT molecular complexity index is 359. The van der Waals surface area contributed by atoms with Crippen molar-refractivity contribution in [3.05, 3.63) is 34.9 Å². The molecule has 1 saturated carbocycles. The molecule has 0 amide bonds. The standard InChI is InChI=1S/C13H18ClNO/c1-15-12-5-7-13(16,8-6-12)10-3-2-4-11(14)9-10/h2-4,9,12,15-16H,5-8H2,1H3. The Balaban J connectivity index is 2.15. The van der Waals surface area contributed by atoms with E-state index < -0.39 is 5.60 Å². The van der Waals surface area contributed by atoms with Gasteiger partial charge in [0.2, 0.25) is 0 Å². The van der Waals surface area contributed by atoms with Crippen molar-refractivity contribution >= 4 is 11.6 Å². The molecule has 1 aromatic carbocycles. The van der Waals surface area contributed by atoms with Gasteiger partial charge in [0.05, 0.1) is 5.60 Å². The maximum atomic E-state index is 10.6. The van der Waals surface area contributed by atoms with Gasteiger partial charge in [-0.1, -0.05) is 23.7 Å². The van der Waals surface area contributed by atoms with E-state index in [9.17, 15) is 5.11 Å². The molecule has 1 aliphatic carbocycles. The molecule has 0 spiro atoms. The zero-order valence-corrected chi connectivity index (χ0v) is 10.3. The molecule has 0 heterocycles. The average molecular weight is 240 g/mol. The van der Waals surface area contributed by atoms with E-state index in [1.807, 2.05) is 31.3 Å². The first-order valence-electron chi connectivity index (χ1n) is 5.80. The lowest BCUT2D eigenvalue weighted by molar-refractivity contribution is -0.00762. The van der Waals surface area contributed by atoms with Crippen LogP contribution in [0.25, 0.3) is 0 Å². The quantitative estimate of drug-likeness (QED) is 0.832. The summed E-state index contributed by atoms with van der Waals surface area (Å²) in [6.45, 7) is 0. The molecule has 1 fully saturated rings. The summed E-state index contributed by atoms with van der Waals surface area (Å²) in [7, 11) is 1.98. The van der Waals surface area contributed by atoms with Gasteiger partial charge in [-0.3, -0.25) is 0 Å². The number of halogens is 1. The van der Waals surface area contributed by atoms with E-state index in [0.717, 1.165) is 31.2 Å². The molecule has 0 aromatic heterocycles. The van der Waals surface area contributed by atoms with Crippen molar-refractivity contribution in [2.45, 2.75) is 37.3 Å². The minimum Gasteiger partial charge on any atom is -0.385 e. The third-order valence-corrected chi connectivity index (χ3v) is 3.82. The van der Waals surface area contributed by atoms with Crippen LogP contribution in [0.5, 0.6) is 0 Å². The van der Waals surface area contributed by atoms with Crippen molar-refractivity contribution in [3.8, 4) is 0 Å². The van der Waals surface area contributed by atoms with Crippen molar-refractivity contribution < 1.29 is 5.11 Å². The van der Waals surface area contributed by atoms with Crippen molar-refractivity contribution in [2.75, 3.05) is 7.05 Å². The van der Waals surface area contributed by atoms with E-state index in [0.29, 0.717) is 11.1 Å². The number of hydrogen-bond donors (Lipinski definition) is 2. The van der Waals surface area contributed by atoms with Gasteiger partial charge in [-0.05, 0) is 50.4 Å². The molecule has 0 unspecified atom stereocenters. The minimum absolute atomic E-state index is 0.541. The summed E-state index contributed by atoms with van der Waals surface area (Å²) in [4.78, 5) is 0. The van der Waals surface area contributed by atoms with Gasteiger partial charge in [0.1, 0.15) is 0 Å². The van der Waals surface area contributed by atoms with Crippen LogP contribution in [0.3, 0.4) is 0 Å². The van der Waals surface area contributed by atoms with Gasteiger partial charge < -0.3 is 10.4 Å². The Kier molecular flexibility index (Phi) is 3.53. The Morgan fingerprint density at radius 1 is 1.38 bits per heavy atom. The van der Waals surface area contributed by atoms with Gasteiger partial charge in [0, 0.05) is 11.1 Å². The van der Waals surface area contributed by atoms with Crippen molar-refractivity contribution in [1.82, 2.24) is 5.32 Å². The van der Waals surface area contributed by atoms with Crippen LogP contribution in [0.15, 0.2) is 24.3 Å². The lowest BCUT2D eigenvalue weighted by atomic mass is 9.78. The number of rotatable bonds is 2. The van der Waals surface area contributed by atoms with E-state index in [1.165, 1.54) is 0 Å². The second-order valence-electron chi connectivity index (χ2n) is 4.60. The molecular weight excluding hydrogens is 222 g/mol. The molecule has 0 radical (unpaired) electrons. The van der Waals surface area contributed by atoms with Crippen molar-refractivity contribution in [2.24, 2.45) is 0 Å². The van der Waals surface area contributed by atoms with Crippen LogP contribution in [0.4, 0.5) is 0 Å². The molecule has 2 rings (SSSR count). The molecule has 0 aliphatic heterocycles. The van der Waals surface area contributed by atoms with E-state index in [1.54, 1.807) is 0 Å². The van der Waals surface area contributed by atoms with E-state index in [-0.39, 0.29) is 0 Å². The highest BCUT2D eigenvalue weighted by Gasteiger charge is 2.34. The van der Waals surface area contributed by atoms with Crippen LogP contribution in [0.2, 0.25) is 5.02 Å². The molecule has 1 aromatic rings. The van der Waals surface area contributed by atoms with Crippen LogP contribution in [0, 0.1) is 0 Å². The van der Waals surface area contributed by atoms with Crippen LogP contribution in [-0.4, -0.2) is 18.2 Å². The van der Waals surface area contributed by atoms with Crippen LogP contribution in [-0.2, 0) is 5.60 Å². The number of nitrogens with one attached hydrogen (secondary N) is 1. The van der Waals surface area contributed by atoms with E-state index in [4.69, 9.17) is 11.6 Å². The van der Waals surface area contributed by atoms with Crippen LogP contribution in [0.1, 0.15) is 31.2 Å². The Labute approximate surface area is 102 Å². The highest BCUT2D eigenvalue weighted by molar-refractivity contribution is 6.30. The summed E-state index contributed by atoms with van der Waals surface area (Å²) in [5.74, 6) is 0. The zero-order valence-electron chi connectivity index (χ0n) is 9.54. The molecule has 0 atom stereocenters. The number of hydrogen-bond acceptors (Lipinski definition) is 2.